The van der Waals surface area contributed by atoms with Crippen LogP contribution in [0, 0.1) is 0 Å². The van der Waals surface area contributed by atoms with Crippen molar-refractivity contribution in [2.75, 3.05) is 31.1 Å². The van der Waals surface area contributed by atoms with Crippen LogP contribution in [0.25, 0.3) is 0 Å². The molecular weight excluding hydrogens is 387 g/mol. The first-order valence-corrected chi connectivity index (χ1v) is 9.03. The summed E-state index contributed by atoms with van der Waals surface area (Å²) in [7, 11) is 0. The predicted molar refractivity (Wildman–Crippen MR) is 95.7 cm³/mol. The third-order valence-electron chi connectivity index (χ3n) is 3.94. The van der Waals surface area contributed by atoms with Crippen LogP contribution in [0.1, 0.15) is 10.4 Å². The Morgan fingerprint density at radius 3 is 2.23 bits per heavy atom. The van der Waals surface area contributed by atoms with Crippen LogP contribution < -0.4 is 4.90 Å². The molecule has 0 N–H and O–H groups in total. The number of benzene rings is 1. The van der Waals surface area contributed by atoms with Crippen molar-refractivity contribution >= 4 is 35.1 Å². The normalized spacial score (nSPS) is 15.2. The Labute approximate surface area is 157 Å². The summed E-state index contributed by atoms with van der Waals surface area (Å²) in [5.41, 5.74) is -3.95. The van der Waals surface area contributed by atoms with E-state index in [2.05, 4.69) is 9.88 Å². The minimum Gasteiger partial charge on any atom is -0.353 e. The fourth-order valence-corrected chi connectivity index (χ4v) is 3.33. The number of alkyl halides is 3. The molecule has 1 aliphatic heterocycles. The quantitative estimate of drug-likeness (QED) is 0.718. The van der Waals surface area contributed by atoms with Crippen LogP contribution in [-0.4, -0.2) is 47.5 Å². The van der Waals surface area contributed by atoms with Crippen LogP contribution in [-0.2, 0) is 0 Å². The number of halogens is 4. The highest BCUT2D eigenvalue weighted by atomic mass is 35.5. The lowest BCUT2D eigenvalue weighted by molar-refractivity contribution is -0.0328. The van der Waals surface area contributed by atoms with Gasteiger partial charge >= 0.3 is 5.51 Å². The van der Waals surface area contributed by atoms with E-state index in [0.717, 1.165) is 5.82 Å². The summed E-state index contributed by atoms with van der Waals surface area (Å²) in [4.78, 5) is 20.6. The summed E-state index contributed by atoms with van der Waals surface area (Å²) >= 11 is 5.64. The predicted octanol–water partition coefficient (Wildman–Crippen LogP) is 4.31. The summed E-state index contributed by atoms with van der Waals surface area (Å²) < 4.78 is 37.1. The van der Waals surface area contributed by atoms with E-state index in [-0.39, 0.29) is 22.6 Å². The van der Waals surface area contributed by atoms with Gasteiger partial charge in [0, 0.05) is 42.8 Å². The molecule has 138 valence electrons. The van der Waals surface area contributed by atoms with Gasteiger partial charge in [-0.2, -0.15) is 13.2 Å². The molecular formula is C17H15ClF3N3OS. The SMILES string of the molecule is O=C(c1ccc(SC(F)(F)F)cc1)N1CCN(c2ccc(Cl)cn2)CC1. The molecule has 0 bridgehead atoms. The van der Waals surface area contributed by atoms with Crippen molar-refractivity contribution in [1.82, 2.24) is 9.88 Å². The topological polar surface area (TPSA) is 36.4 Å². The van der Waals surface area contributed by atoms with Crippen molar-refractivity contribution in [2.45, 2.75) is 10.4 Å². The second-order valence-electron chi connectivity index (χ2n) is 5.69. The lowest BCUT2D eigenvalue weighted by Crippen LogP contribution is -2.49. The largest absolute Gasteiger partial charge is 0.446 e. The van der Waals surface area contributed by atoms with Gasteiger partial charge in [-0.25, -0.2) is 4.98 Å². The smallest absolute Gasteiger partial charge is 0.353 e. The minimum atomic E-state index is -4.34. The maximum atomic E-state index is 12.5. The van der Waals surface area contributed by atoms with Gasteiger partial charge in [0.15, 0.2) is 0 Å². The first kappa shape index (κ1) is 18.8. The number of hydrogen-bond acceptors (Lipinski definition) is 4. The molecule has 1 aliphatic rings. The summed E-state index contributed by atoms with van der Waals surface area (Å²) in [5.74, 6) is 0.618. The lowest BCUT2D eigenvalue weighted by atomic mass is 10.2. The maximum absolute atomic E-state index is 12.5. The highest BCUT2D eigenvalue weighted by Gasteiger charge is 2.29. The number of anilines is 1. The Balaban J connectivity index is 1.59. The van der Waals surface area contributed by atoms with Crippen molar-refractivity contribution < 1.29 is 18.0 Å². The number of piperazine rings is 1. The number of carbonyl (C=O) groups excluding carboxylic acids is 1. The summed E-state index contributed by atoms with van der Waals surface area (Å²) in [6.07, 6.45) is 1.58. The van der Waals surface area contributed by atoms with Gasteiger partial charge in [0.25, 0.3) is 5.91 Å². The minimum absolute atomic E-state index is 0.0627. The zero-order chi connectivity index (χ0) is 18.7. The maximum Gasteiger partial charge on any atom is 0.446 e. The Hall–Kier alpha value is -1.93. The number of amides is 1. The first-order chi connectivity index (χ1) is 12.3. The van der Waals surface area contributed by atoms with Gasteiger partial charge < -0.3 is 9.80 Å². The molecule has 0 unspecified atom stereocenters. The third-order valence-corrected chi connectivity index (χ3v) is 4.90. The van der Waals surface area contributed by atoms with E-state index >= 15 is 0 Å². The van der Waals surface area contributed by atoms with Crippen molar-refractivity contribution in [3.8, 4) is 0 Å². The number of hydrogen-bond donors (Lipinski definition) is 0. The lowest BCUT2D eigenvalue weighted by Gasteiger charge is -2.35. The van der Waals surface area contributed by atoms with Gasteiger partial charge in [0.1, 0.15) is 5.82 Å². The number of nitrogens with zero attached hydrogens (tertiary/aromatic N) is 3. The van der Waals surface area contributed by atoms with Crippen molar-refractivity contribution in [3.05, 3.63) is 53.2 Å². The Bertz CT molecular complexity index is 760. The molecule has 1 aromatic heterocycles. The number of carbonyl (C=O) groups is 1. The van der Waals surface area contributed by atoms with Crippen LogP contribution in [0.2, 0.25) is 5.02 Å². The Morgan fingerprint density at radius 1 is 1.04 bits per heavy atom. The van der Waals surface area contributed by atoms with Crippen LogP contribution in [0.3, 0.4) is 0 Å². The van der Waals surface area contributed by atoms with Crippen molar-refractivity contribution in [3.63, 3.8) is 0 Å². The molecule has 26 heavy (non-hydrogen) atoms. The molecule has 9 heteroatoms. The van der Waals surface area contributed by atoms with Gasteiger partial charge in [-0.15, -0.1) is 0 Å². The van der Waals surface area contributed by atoms with Gasteiger partial charge in [-0.3, -0.25) is 4.79 Å². The number of thioether (sulfide) groups is 1. The average Bonchev–Trinajstić information content (AvgIpc) is 2.61. The molecule has 1 fully saturated rings. The summed E-state index contributed by atoms with van der Waals surface area (Å²) in [6.45, 7) is 2.29. The van der Waals surface area contributed by atoms with Gasteiger partial charge in [0.05, 0.1) is 5.02 Å². The highest BCUT2D eigenvalue weighted by molar-refractivity contribution is 8.00. The molecule has 0 spiro atoms. The Morgan fingerprint density at radius 2 is 1.69 bits per heavy atom. The number of pyridine rings is 1. The van der Waals surface area contributed by atoms with Crippen LogP contribution in [0.15, 0.2) is 47.5 Å². The van der Waals surface area contributed by atoms with E-state index in [0.29, 0.717) is 36.8 Å². The van der Waals surface area contributed by atoms with Gasteiger partial charge in [-0.05, 0) is 48.2 Å². The molecule has 3 rings (SSSR count). The molecule has 0 atom stereocenters. The molecule has 0 aliphatic carbocycles. The van der Waals surface area contributed by atoms with Crippen molar-refractivity contribution in [1.29, 1.82) is 0 Å². The second-order valence-corrected chi connectivity index (χ2v) is 7.26. The van der Waals surface area contributed by atoms with E-state index < -0.39 is 5.51 Å². The second kappa shape index (κ2) is 7.75. The number of aromatic nitrogens is 1. The van der Waals surface area contributed by atoms with E-state index in [1.807, 2.05) is 6.07 Å². The fourth-order valence-electron chi connectivity index (χ4n) is 2.68. The molecule has 1 aromatic carbocycles. The molecule has 2 heterocycles. The molecule has 2 aromatic rings. The standard InChI is InChI=1S/C17H15ClF3N3OS/c18-13-3-6-15(22-11-13)23-7-9-24(10-8-23)16(25)12-1-4-14(5-2-12)26-17(19,20)21/h1-6,11H,7-10H2. The van der Waals surface area contributed by atoms with Crippen LogP contribution in [0.4, 0.5) is 19.0 Å². The summed E-state index contributed by atoms with van der Waals surface area (Å²) in [5, 5.41) is 0.565. The van der Waals surface area contributed by atoms with Crippen LogP contribution >= 0.6 is 23.4 Å². The molecule has 1 saturated heterocycles. The molecule has 4 nitrogen and oxygen atoms in total. The van der Waals surface area contributed by atoms with Gasteiger partial charge in [-0.1, -0.05) is 11.6 Å². The molecule has 0 saturated carbocycles. The first-order valence-electron chi connectivity index (χ1n) is 7.83. The number of rotatable bonds is 3. The molecule has 1 amide bonds. The Kier molecular flexibility index (Phi) is 5.62. The van der Waals surface area contributed by atoms with Crippen molar-refractivity contribution in [2.24, 2.45) is 0 Å². The molecule has 0 radical (unpaired) electrons. The van der Waals surface area contributed by atoms with E-state index in [1.54, 1.807) is 17.2 Å². The zero-order valence-corrected chi connectivity index (χ0v) is 15.1. The summed E-state index contributed by atoms with van der Waals surface area (Å²) in [6, 6.07) is 9.10. The zero-order valence-electron chi connectivity index (χ0n) is 13.5. The average molecular weight is 402 g/mol. The van der Waals surface area contributed by atoms with E-state index in [1.165, 1.54) is 24.3 Å². The fraction of sp³-hybridized carbons (Fsp3) is 0.294. The third kappa shape index (κ3) is 4.82. The highest BCUT2D eigenvalue weighted by Crippen LogP contribution is 2.36. The monoisotopic (exact) mass is 401 g/mol. The van der Waals surface area contributed by atoms with E-state index in [4.69, 9.17) is 11.6 Å². The van der Waals surface area contributed by atoms with E-state index in [9.17, 15) is 18.0 Å². The van der Waals surface area contributed by atoms with Gasteiger partial charge in [0.2, 0.25) is 0 Å². The van der Waals surface area contributed by atoms with Crippen LogP contribution in [0.5, 0.6) is 0 Å².